The van der Waals surface area contributed by atoms with Gasteiger partial charge in [-0.15, -0.1) is 0 Å². The first-order valence-corrected chi connectivity index (χ1v) is 8.81. The number of ether oxygens (including phenoxy) is 1. The lowest BCUT2D eigenvalue weighted by atomic mass is 9.93. The zero-order valence-corrected chi connectivity index (χ0v) is 14.6. The van der Waals surface area contributed by atoms with Gasteiger partial charge in [0.1, 0.15) is 18.4 Å². The molecule has 1 aromatic heterocycles. The third-order valence-electron chi connectivity index (χ3n) is 5.14. The van der Waals surface area contributed by atoms with Crippen molar-refractivity contribution in [3.05, 3.63) is 47.9 Å². The summed E-state index contributed by atoms with van der Waals surface area (Å²) in [6.07, 6.45) is 2.10. The number of likely N-dealkylation sites (tertiary alicyclic amines) is 1. The molecule has 2 amide bonds. The van der Waals surface area contributed by atoms with Gasteiger partial charge < -0.3 is 19.1 Å². The van der Waals surface area contributed by atoms with Crippen LogP contribution in [0.4, 0.5) is 5.69 Å². The van der Waals surface area contributed by atoms with Gasteiger partial charge in [-0.05, 0) is 25.5 Å². The van der Waals surface area contributed by atoms with Crippen LogP contribution in [0.3, 0.4) is 0 Å². The van der Waals surface area contributed by atoms with Gasteiger partial charge in [0.2, 0.25) is 0 Å². The van der Waals surface area contributed by atoms with Crippen molar-refractivity contribution in [2.24, 2.45) is 5.92 Å². The van der Waals surface area contributed by atoms with Gasteiger partial charge in [0.15, 0.2) is 0 Å². The second-order valence-corrected chi connectivity index (χ2v) is 6.80. The van der Waals surface area contributed by atoms with Crippen LogP contribution in [-0.4, -0.2) is 54.2 Å². The zero-order chi connectivity index (χ0) is 18.1. The molecular formula is C19H21N3O4. The fourth-order valence-electron chi connectivity index (χ4n) is 3.71. The van der Waals surface area contributed by atoms with E-state index in [0.29, 0.717) is 30.9 Å². The van der Waals surface area contributed by atoms with E-state index in [1.54, 1.807) is 11.8 Å². The smallest absolute Gasteiger partial charge is 0.259 e. The highest BCUT2D eigenvalue weighted by atomic mass is 16.5. The predicted molar refractivity (Wildman–Crippen MR) is 93.8 cm³/mol. The van der Waals surface area contributed by atoms with Gasteiger partial charge in [0, 0.05) is 31.2 Å². The Hall–Kier alpha value is -2.67. The Balaban J connectivity index is 1.53. The summed E-state index contributed by atoms with van der Waals surface area (Å²) in [5.74, 6) is -0.0538. The van der Waals surface area contributed by atoms with Crippen LogP contribution >= 0.6 is 0 Å². The molecule has 4 rings (SSSR count). The number of hydrogen-bond donors (Lipinski definition) is 0. The number of carbonyl (C=O) groups excluding carboxylic acids is 2. The first-order chi connectivity index (χ1) is 12.6. The van der Waals surface area contributed by atoms with Crippen molar-refractivity contribution < 1.29 is 18.8 Å². The van der Waals surface area contributed by atoms with Crippen molar-refractivity contribution in [3.63, 3.8) is 0 Å². The van der Waals surface area contributed by atoms with E-state index in [0.717, 1.165) is 12.1 Å². The topological polar surface area (TPSA) is 75.9 Å². The summed E-state index contributed by atoms with van der Waals surface area (Å²) in [5, 5.41) is 3.79. The largest absolute Gasteiger partial charge is 0.368 e. The van der Waals surface area contributed by atoms with Crippen molar-refractivity contribution in [1.29, 1.82) is 0 Å². The second kappa shape index (κ2) is 6.92. The predicted octanol–water partition coefficient (Wildman–Crippen LogP) is 1.88. The second-order valence-electron chi connectivity index (χ2n) is 6.80. The zero-order valence-electron chi connectivity index (χ0n) is 14.6. The molecule has 0 saturated carbocycles. The van der Waals surface area contributed by atoms with Gasteiger partial charge >= 0.3 is 0 Å². The molecule has 136 valence electrons. The average molecular weight is 355 g/mol. The van der Waals surface area contributed by atoms with Crippen LogP contribution in [0.15, 0.2) is 41.1 Å². The van der Waals surface area contributed by atoms with E-state index in [1.807, 2.05) is 35.2 Å². The molecule has 2 aliphatic rings. The third kappa shape index (κ3) is 3.10. The molecule has 0 aliphatic carbocycles. The van der Waals surface area contributed by atoms with Gasteiger partial charge in [-0.2, -0.15) is 0 Å². The van der Waals surface area contributed by atoms with E-state index < -0.39 is 0 Å². The number of aromatic nitrogens is 1. The SMILES string of the molecule is Cc1nocc1C(=O)N1CC[C@@H]2OCC(=O)N(c3ccccc3)C[C@H]2C1. The highest BCUT2D eigenvalue weighted by Gasteiger charge is 2.38. The summed E-state index contributed by atoms with van der Waals surface area (Å²) < 4.78 is 10.8. The number of piperidine rings is 1. The summed E-state index contributed by atoms with van der Waals surface area (Å²) in [5.41, 5.74) is 1.95. The van der Waals surface area contributed by atoms with E-state index in [1.165, 1.54) is 6.26 Å². The highest BCUT2D eigenvalue weighted by Crippen LogP contribution is 2.28. The Kier molecular flexibility index (Phi) is 4.46. The van der Waals surface area contributed by atoms with Crippen LogP contribution in [-0.2, 0) is 9.53 Å². The van der Waals surface area contributed by atoms with Crippen molar-refractivity contribution >= 4 is 17.5 Å². The number of fused-ring (bicyclic) bond motifs is 1. The minimum absolute atomic E-state index is 0.0136. The third-order valence-corrected chi connectivity index (χ3v) is 5.14. The van der Waals surface area contributed by atoms with Crippen LogP contribution in [0.25, 0.3) is 0 Å². The molecule has 0 unspecified atom stereocenters. The Labute approximate surface area is 151 Å². The number of rotatable bonds is 2. The quantitative estimate of drug-likeness (QED) is 0.822. The first-order valence-electron chi connectivity index (χ1n) is 8.81. The molecule has 0 bridgehead atoms. The van der Waals surface area contributed by atoms with Crippen LogP contribution in [0.2, 0.25) is 0 Å². The number of aryl methyl sites for hydroxylation is 1. The highest BCUT2D eigenvalue weighted by molar-refractivity contribution is 5.95. The fourth-order valence-corrected chi connectivity index (χ4v) is 3.71. The molecule has 0 spiro atoms. The molecule has 7 nitrogen and oxygen atoms in total. The molecule has 2 saturated heterocycles. The molecule has 7 heteroatoms. The number of hydrogen-bond acceptors (Lipinski definition) is 5. The number of para-hydroxylation sites is 1. The molecule has 0 N–H and O–H groups in total. The number of carbonyl (C=O) groups is 2. The molecule has 2 aliphatic heterocycles. The Bertz CT molecular complexity index is 804. The van der Waals surface area contributed by atoms with E-state index in [-0.39, 0.29) is 30.4 Å². The van der Waals surface area contributed by atoms with Gasteiger partial charge in [-0.3, -0.25) is 9.59 Å². The molecule has 26 heavy (non-hydrogen) atoms. The minimum Gasteiger partial charge on any atom is -0.368 e. The van der Waals surface area contributed by atoms with E-state index >= 15 is 0 Å². The summed E-state index contributed by atoms with van der Waals surface area (Å²) in [6.45, 7) is 3.53. The number of nitrogens with zero attached hydrogens (tertiary/aromatic N) is 3. The van der Waals surface area contributed by atoms with Gasteiger partial charge in [-0.1, -0.05) is 23.4 Å². The van der Waals surface area contributed by atoms with E-state index in [9.17, 15) is 9.59 Å². The van der Waals surface area contributed by atoms with Crippen molar-refractivity contribution in [2.45, 2.75) is 19.4 Å². The lowest BCUT2D eigenvalue weighted by molar-refractivity contribution is -0.124. The van der Waals surface area contributed by atoms with Crippen LogP contribution < -0.4 is 4.90 Å². The van der Waals surface area contributed by atoms with Crippen LogP contribution in [0.1, 0.15) is 22.5 Å². The maximum absolute atomic E-state index is 12.8. The molecule has 3 heterocycles. The Morgan fingerprint density at radius 2 is 2.04 bits per heavy atom. The van der Waals surface area contributed by atoms with Crippen molar-refractivity contribution in [1.82, 2.24) is 10.1 Å². The fraction of sp³-hybridized carbons (Fsp3) is 0.421. The summed E-state index contributed by atoms with van der Waals surface area (Å²) >= 11 is 0. The van der Waals surface area contributed by atoms with Crippen molar-refractivity contribution in [3.8, 4) is 0 Å². The van der Waals surface area contributed by atoms with Gasteiger partial charge in [0.25, 0.3) is 11.8 Å². The van der Waals surface area contributed by atoms with E-state index in [2.05, 4.69) is 5.16 Å². The number of benzene rings is 1. The molecular weight excluding hydrogens is 334 g/mol. The molecule has 2 fully saturated rings. The molecule has 1 aromatic carbocycles. The molecule has 2 atom stereocenters. The van der Waals surface area contributed by atoms with Crippen molar-refractivity contribution in [2.75, 3.05) is 31.1 Å². The summed E-state index contributed by atoms with van der Waals surface area (Å²) in [7, 11) is 0. The average Bonchev–Trinajstić information content (AvgIpc) is 3.02. The maximum Gasteiger partial charge on any atom is 0.259 e. The molecule has 0 radical (unpaired) electrons. The lowest BCUT2D eigenvalue weighted by Crippen LogP contribution is -2.49. The molecule has 2 aromatic rings. The normalized spacial score (nSPS) is 23.5. The summed E-state index contributed by atoms with van der Waals surface area (Å²) in [4.78, 5) is 28.8. The Morgan fingerprint density at radius 1 is 1.23 bits per heavy atom. The summed E-state index contributed by atoms with van der Waals surface area (Å²) in [6, 6.07) is 9.59. The number of anilines is 1. The standard InChI is InChI=1S/C19H21N3O4/c1-13-16(11-26-20-13)19(24)21-8-7-17-14(9-21)10-22(18(23)12-25-17)15-5-3-2-4-6-15/h2-6,11,14,17H,7-10,12H2,1H3/t14-,17+/m1/s1. The van der Waals surface area contributed by atoms with Crippen LogP contribution in [0, 0.1) is 12.8 Å². The first kappa shape index (κ1) is 16.8. The Morgan fingerprint density at radius 3 is 2.77 bits per heavy atom. The minimum atomic E-state index is -0.0796. The maximum atomic E-state index is 12.8. The van der Waals surface area contributed by atoms with E-state index in [4.69, 9.17) is 9.26 Å². The van der Waals surface area contributed by atoms with Gasteiger partial charge in [-0.25, -0.2) is 0 Å². The van der Waals surface area contributed by atoms with Gasteiger partial charge in [0.05, 0.1) is 11.8 Å². The van der Waals surface area contributed by atoms with Crippen LogP contribution in [0.5, 0.6) is 0 Å². The monoisotopic (exact) mass is 355 g/mol. The lowest BCUT2D eigenvalue weighted by Gasteiger charge is -2.38. The number of amides is 2.